The first-order valence-corrected chi connectivity index (χ1v) is 4.65. The van der Waals surface area contributed by atoms with E-state index >= 15 is 0 Å². The summed E-state index contributed by atoms with van der Waals surface area (Å²) < 4.78 is 4.93. The molecule has 0 radical (unpaired) electrons. The Morgan fingerprint density at radius 3 is 3.17 bits per heavy atom. The van der Waals surface area contributed by atoms with Crippen molar-refractivity contribution in [1.82, 2.24) is 4.98 Å². The van der Waals surface area contributed by atoms with E-state index < -0.39 is 0 Å². The number of rotatable bonds is 4. The van der Waals surface area contributed by atoms with Gasteiger partial charge in [-0.1, -0.05) is 0 Å². The fourth-order valence-electron chi connectivity index (χ4n) is 0.761. The van der Waals surface area contributed by atoms with Gasteiger partial charge >= 0.3 is 0 Å². The molecule has 0 amide bonds. The molecule has 12 heavy (non-hydrogen) atoms. The van der Waals surface area contributed by atoms with Gasteiger partial charge in [0.25, 0.3) is 0 Å². The van der Waals surface area contributed by atoms with Crippen LogP contribution < -0.4 is 5.73 Å². The number of hydrogen-bond acceptors (Lipinski definition) is 4. The Labute approximate surface area is 76.3 Å². The van der Waals surface area contributed by atoms with Crippen LogP contribution in [0.1, 0.15) is 0 Å². The van der Waals surface area contributed by atoms with Gasteiger partial charge in [0.05, 0.1) is 6.61 Å². The quantitative estimate of drug-likeness (QED) is 0.567. The van der Waals surface area contributed by atoms with E-state index in [-0.39, 0.29) is 0 Å². The van der Waals surface area contributed by atoms with Crippen molar-refractivity contribution in [2.24, 2.45) is 0 Å². The van der Waals surface area contributed by atoms with E-state index in [4.69, 9.17) is 10.5 Å². The highest BCUT2D eigenvalue weighted by molar-refractivity contribution is 7.99. The van der Waals surface area contributed by atoms with E-state index in [1.165, 1.54) is 0 Å². The third-order valence-corrected chi connectivity index (χ3v) is 2.27. The van der Waals surface area contributed by atoms with Crippen LogP contribution in [0.15, 0.2) is 23.2 Å². The average molecular weight is 184 g/mol. The Morgan fingerprint density at radius 2 is 2.50 bits per heavy atom. The minimum absolute atomic E-state index is 0.567. The zero-order chi connectivity index (χ0) is 8.81. The van der Waals surface area contributed by atoms with Gasteiger partial charge in [0.2, 0.25) is 0 Å². The lowest BCUT2D eigenvalue weighted by atomic mass is 10.5. The van der Waals surface area contributed by atoms with Crippen LogP contribution in [0.4, 0.5) is 5.82 Å². The standard InChI is InChI=1S/C8H12N2OS/c1-11-4-5-12-7-2-3-10-8(9)6-7/h2-3,6H,4-5H2,1H3,(H2,9,10). The van der Waals surface area contributed by atoms with Crippen molar-refractivity contribution in [1.29, 1.82) is 0 Å². The summed E-state index contributed by atoms with van der Waals surface area (Å²) in [5, 5.41) is 0. The molecule has 0 aromatic carbocycles. The van der Waals surface area contributed by atoms with E-state index in [9.17, 15) is 0 Å². The van der Waals surface area contributed by atoms with Crippen molar-refractivity contribution >= 4 is 17.6 Å². The van der Waals surface area contributed by atoms with Crippen molar-refractivity contribution in [3.63, 3.8) is 0 Å². The molecule has 0 atom stereocenters. The van der Waals surface area contributed by atoms with E-state index in [0.717, 1.165) is 17.3 Å². The highest BCUT2D eigenvalue weighted by Gasteiger charge is 1.93. The number of thioether (sulfide) groups is 1. The van der Waals surface area contributed by atoms with Crippen LogP contribution in [0.2, 0.25) is 0 Å². The molecule has 1 aromatic heterocycles. The number of hydrogen-bond donors (Lipinski definition) is 1. The van der Waals surface area contributed by atoms with Crippen LogP contribution in [-0.2, 0) is 4.74 Å². The van der Waals surface area contributed by atoms with Gasteiger partial charge in [-0.15, -0.1) is 11.8 Å². The zero-order valence-corrected chi connectivity index (χ0v) is 7.80. The van der Waals surface area contributed by atoms with Crippen molar-refractivity contribution in [3.8, 4) is 0 Å². The van der Waals surface area contributed by atoms with Gasteiger partial charge in [0, 0.05) is 24.0 Å². The van der Waals surface area contributed by atoms with Gasteiger partial charge in [-0.05, 0) is 12.1 Å². The highest BCUT2D eigenvalue weighted by Crippen LogP contribution is 2.17. The summed E-state index contributed by atoms with van der Waals surface area (Å²) in [4.78, 5) is 5.04. The van der Waals surface area contributed by atoms with E-state index in [1.807, 2.05) is 12.1 Å². The molecule has 1 rings (SSSR count). The molecule has 3 nitrogen and oxygen atoms in total. The fraction of sp³-hybridized carbons (Fsp3) is 0.375. The predicted octanol–water partition coefficient (Wildman–Crippen LogP) is 1.40. The minimum atomic E-state index is 0.567. The summed E-state index contributed by atoms with van der Waals surface area (Å²) in [6.07, 6.45) is 1.71. The molecular formula is C8H12N2OS. The summed E-state index contributed by atoms with van der Waals surface area (Å²) in [7, 11) is 1.70. The Bertz CT molecular complexity index is 242. The molecule has 0 aliphatic heterocycles. The molecule has 0 saturated carbocycles. The third-order valence-electron chi connectivity index (χ3n) is 1.31. The lowest BCUT2D eigenvalue weighted by Crippen LogP contribution is -1.92. The first-order valence-electron chi connectivity index (χ1n) is 3.66. The normalized spacial score (nSPS) is 10.1. The SMILES string of the molecule is COCCSc1ccnc(N)c1. The number of aromatic nitrogens is 1. The Balaban J connectivity index is 2.41. The summed E-state index contributed by atoms with van der Waals surface area (Å²) >= 11 is 1.71. The molecule has 0 fully saturated rings. The second-order valence-electron chi connectivity index (χ2n) is 2.26. The minimum Gasteiger partial charge on any atom is -0.384 e. The maximum atomic E-state index is 5.51. The molecule has 4 heteroatoms. The number of nitrogens with zero attached hydrogens (tertiary/aromatic N) is 1. The van der Waals surface area contributed by atoms with Crippen LogP contribution in [0.5, 0.6) is 0 Å². The predicted molar refractivity (Wildman–Crippen MR) is 51.2 cm³/mol. The molecule has 0 spiro atoms. The number of ether oxygens (including phenoxy) is 1. The molecule has 66 valence electrons. The lowest BCUT2D eigenvalue weighted by molar-refractivity contribution is 0.218. The van der Waals surface area contributed by atoms with Crippen LogP contribution in [-0.4, -0.2) is 24.5 Å². The number of nitrogens with two attached hydrogens (primary N) is 1. The Kier molecular flexibility index (Phi) is 3.90. The molecule has 0 aliphatic carbocycles. The van der Waals surface area contributed by atoms with Crippen molar-refractivity contribution in [3.05, 3.63) is 18.3 Å². The first-order chi connectivity index (χ1) is 5.83. The van der Waals surface area contributed by atoms with Gasteiger partial charge in [0.15, 0.2) is 0 Å². The van der Waals surface area contributed by atoms with Crippen LogP contribution in [0, 0.1) is 0 Å². The number of anilines is 1. The summed E-state index contributed by atoms with van der Waals surface area (Å²) in [6, 6.07) is 3.80. The number of nitrogen functional groups attached to an aromatic ring is 1. The second-order valence-corrected chi connectivity index (χ2v) is 3.43. The van der Waals surface area contributed by atoms with Gasteiger partial charge in [0.1, 0.15) is 5.82 Å². The lowest BCUT2D eigenvalue weighted by Gasteiger charge is -2.00. The van der Waals surface area contributed by atoms with Crippen molar-refractivity contribution < 1.29 is 4.74 Å². The van der Waals surface area contributed by atoms with Gasteiger partial charge < -0.3 is 10.5 Å². The van der Waals surface area contributed by atoms with Crippen molar-refractivity contribution in [2.75, 3.05) is 25.2 Å². The molecule has 1 heterocycles. The molecule has 2 N–H and O–H groups in total. The zero-order valence-electron chi connectivity index (χ0n) is 6.99. The monoisotopic (exact) mass is 184 g/mol. The third kappa shape index (κ3) is 3.11. The second kappa shape index (κ2) is 5.00. The van der Waals surface area contributed by atoms with Crippen molar-refractivity contribution in [2.45, 2.75) is 4.90 Å². The molecular weight excluding hydrogens is 172 g/mol. The summed E-state index contributed by atoms with van der Waals surface area (Å²) in [6.45, 7) is 0.757. The van der Waals surface area contributed by atoms with Crippen LogP contribution in [0.25, 0.3) is 0 Å². The fourth-order valence-corrected chi connectivity index (χ4v) is 1.61. The topological polar surface area (TPSA) is 48.1 Å². The number of methoxy groups -OCH3 is 1. The average Bonchev–Trinajstić information content (AvgIpc) is 2.05. The summed E-state index contributed by atoms with van der Waals surface area (Å²) in [5.41, 5.74) is 5.51. The Morgan fingerprint density at radius 1 is 1.67 bits per heavy atom. The maximum absolute atomic E-state index is 5.51. The smallest absolute Gasteiger partial charge is 0.124 e. The Hall–Kier alpha value is -0.740. The molecule has 0 saturated heterocycles. The van der Waals surface area contributed by atoms with Crippen LogP contribution >= 0.6 is 11.8 Å². The van der Waals surface area contributed by atoms with Gasteiger partial charge in [-0.3, -0.25) is 0 Å². The van der Waals surface area contributed by atoms with Gasteiger partial charge in [-0.2, -0.15) is 0 Å². The van der Waals surface area contributed by atoms with Gasteiger partial charge in [-0.25, -0.2) is 4.98 Å². The number of pyridine rings is 1. The highest BCUT2D eigenvalue weighted by atomic mass is 32.2. The largest absolute Gasteiger partial charge is 0.384 e. The molecule has 0 bridgehead atoms. The van der Waals surface area contributed by atoms with Crippen LogP contribution in [0.3, 0.4) is 0 Å². The first kappa shape index (κ1) is 9.35. The molecule has 0 unspecified atom stereocenters. The van der Waals surface area contributed by atoms with E-state index in [1.54, 1.807) is 25.1 Å². The van der Waals surface area contributed by atoms with E-state index in [0.29, 0.717) is 5.82 Å². The van der Waals surface area contributed by atoms with E-state index in [2.05, 4.69) is 4.98 Å². The maximum Gasteiger partial charge on any atom is 0.124 e. The summed E-state index contributed by atoms with van der Waals surface area (Å²) in [5.74, 6) is 1.51. The molecule has 1 aromatic rings. The molecule has 0 aliphatic rings.